The van der Waals surface area contributed by atoms with Crippen LogP contribution in [0.2, 0.25) is 0 Å². The zero-order chi connectivity index (χ0) is 10.8. The quantitative estimate of drug-likeness (QED) is 0.731. The van der Waals surface area contributed by atoms with Crippen LogP contribution in [0.4, 0.5) is 5.95 Å². The van der Waals surface area contributed by atoms with E-state index in [1.807, 2.05) is 14.0 Å². The molecule has 1 aliphatic carbocycles. The molecule has 0 saturated heterocycles. The summed E-state index contributed by atoms with van der Waals surface area (Å²) < 4.78 is 0. The van der Waals surface area contributed by atoms with Crippen molar-refractivity contribution in [2.45, 2.75) is 32.2 Å². The first-order valence-corrected chi connectivity index (χ1v) is 5.19. The second kappa shape index (κ2) is 3.85. The van der Waals surface area contributed by atoms with Gasteiger partial charge in [-0.3, -0.25) is 0 Å². The molecular formula is C11H14N4. The molecule has 4 heteroatoms. The second-order valence-corrected chi connectivity index (χ2v) is 4.00. The van der Waals surface area contributed by atoms with Gasteiger partial charge in [-0.2, -0.15) is 5.26 Å². The SMILES string of the molecule is Cc1cc(C#N)nc(N(C)C2CCC2)n1. The molecule has 1 heterocycles. The fourth-order valence-corrected chi connectivity index (χ4v) is 1.71. The lowest BCUT2D eigenvalue weighted by Gasteiger charge is -2.34. The maximum Gasteiger partial charge on any atom is 0.226 e. The number of rotatable bonds is 2. The van der Waals surface area contributed by atoms with Crippen LogP contribution in [0.1, 0.15) is 30.7 Å². The molecule has 1 fully saturated rings. The lowest BCUT2D eigenvalue weighted by atomic mass is 9.92. The largest absolute Gasteiger partial charge is 0.341 e. The third-order valence-corrected chi connectivity index (χ3v) is 2.89. The zero-order valence-corrected chi connectivity index (χ0v) is 9.06. The van der Waals surface area contributed by atoms with Crippen LogP contribution in [0, 0.1) is 18.3 Å². The van der Waals surface area contributed by atoms with Gasteiger partial charge in [-0.1, -0.05) is 0 Å². The summed E-state index contributed by atoms with van der Waals surface area (Å²) in [4.78, 5) is 10.6. The van der Waals surface area contributed by atoms with Crippen LogP contribution in [-0.2, 0) is 0 Å². The summed E-state index contributed by atoms with van der Waals surface area (Å²) in [5.74, 6) is 0.677. The Kier molecular flexibility index (Phi) is 2.55. The Morgan fingerprint density at radius 1 is 1.47 bits per heavy atom. The van der Waals surface area contributed by atoms with Crippen LogP contribution in [0.25, 0.3) is 0 Å². The molecule has 78 valence electrons. The average molecular weight is 202 g/mol. The lowest BCUT2D eigenvalue weighted by Crippen LogP contribution is -2.38. The minimum atomic E-state index is 0.448. The third kappa shape index (κ3) is 1.91. The zero-order valence-electron chi connectivity index (χ0n) is 9.06. The van der Waals surface area contributed by atoms with E-state index in [-0.39, 0.29) is 0 Å². The van der Waals surface area contributed by atoms with E-state index in [1.165, 1.54) is 19.3 Å². The fraction of sp³-hybridized carbons (Fsp3) is 0.545. The van der Waals surface area contributed by atoms with Gasteiger partial charge >= 0.3 is 0 Å². The Morgan fingerprint density at radius 3 is 2.73 bits per heavy atom. The number of hydrogen-bond donors (Lipinski definition) is 0. The molecule has 0 atom stereocenters. The van der Waals surface area contributed by atoms with Crippen LogP contribution in [0.15, 0.2) is 6.07 Å². The van der Waals surface area contributed by atoms with Gasteiger partial charge in [0.15, 0.2) is 0 Å². The molecule has 0 N–H and O–H groups in total. The van der Waals surface area contributed by atoms with Crippen molar-refractivity contribution in [1.29, 1.82) is 5.26 Å². The highest BCUT2D eigenvalue weighted by atomic mass is 15.3. The molecule has 0 unspecified atom stereocenters. The maximum atomic E-state index is 8.82. The van der Waals surface area contributed by atoms with Gasteiger partial charge in [0, 0.05) is 18.8 Å². The van der Waals surface area contributed by atoms with Gasteiger partial charge in [0.25, 0.3) is 0 Å². The second-order valence-electron chi connectivity index (χ2n) is 4.00. The number of anilines is 1. The highest BCUT2D eigenvalue weighted by Crippen LogP contribution is 2.26. The van der Waals surface area contributed by atoms with Crippen LogP contribution < -0.4 is 4.90 Å². The van der Waals surface area contributed by atoms with E-state index in [1.54, 1.807) is 6.07 Å². The molecule has 0 amide bonds. The van der Waals surface area contributed by atoms with Crippen molar-refractivity contribution in [1.82, 2.24) is 9.97 Å². The van der Waals surface area contributed by atoms with Crippen molar-refractivity contribution in [2.75, 3.05) is 11.9 Å². The molecule has 0 aliphatic heterocycles. The predicted octanol–water partition coefficient (Wildman–Crippen LogP) is 1.65. The minimum absolute atomic E-state index is 0.448. The molecule has 0 spiro atoms. The van der Waals surface area contributed by atoms with E-state index >= 15 is 0 Å². The Balaban J connectivity index is 2.27. The lowest BCUT2D eigenvalue weighted by molar-refractivity contribution is 0.397. The van der Waals surface area contributed by atoms with E-state index in [0.717, 1.165) is 5.69 Å². The molecule has 0 aromatic carbocycles. The maximum absolute atomic E-state index is 8.82. The predicted molar refractivity (Wildman–Crippen MR) is 57.5 cm³/mol. The molecule has 2 rings (SSSR count). The van der Waals surface area contributed by atoms with Gasteiger partial charge in [-0.25, -0.2) is 9.97 Å². The molecule has 0 radical (unpaired) electrons. The van der Waals surface area contributed by atoms with Crippen LogP contribution in [-0.4, -0.2) is 23.1 Å². The topological polar surface area (TPSA) is 52.8 Å². The number of aromatic nitrogens is 2. The third-order valence-electron chi connectivity index (χ3n) is 2.89. The Hall–Kier alpha value is -1.63. The molecule has 1 aromatic rings. The van der Waals surface area contributed by atoms with Crippen molar-refractivity contribution in [3.63, 3.8) is 0 Å². The molecule has 15 heavy (non-hydrogen) atoms. The van der Waals surface area contributed by atoms with Crippen molar-refractivity contribution in [3.05, 3.63) is 17.5 Å². The van der Waals surface area contributed by atoms with E-state index < -0.39 is 0 Å². The smallest absolute Gasteiger partial charge is 0.226 e. The van der Waals surface area contributed by atoms with Gasteiger partial charge in [-0.15, -0.1) is 0 Å². The summed E-state index contributed by atoms with van der Waals surface area (Å²) in [6.45, 7) is 1.89. The van der Waals surface area contributed by atoms with Crippen LogP contribution >= 0.6 is 0 Å². The van der Waals surface area contributed by atoms with Gasteiger partial charge < -0.3 is 4.90 Å². The summed E-state index contributed by atoms with van der Waals surface area (Å²) in [5, 5.41) is 8.82. The van der Waals surface area contributed by atoms with E-state index in [4.69, 9.17) is 5.26 Å². The summed E-state index contributed by atoms with van der Waals surface area (Å²) in [7, 11) is 2.00. The number of nitrogens with zero attached hydrogens (tertiary/aromatic N) is 4. The summed E-state index contributed by atoms with van der Waals surface area (Å²) in [6, 6.07) is 4.32. The molecule has 1 saturated carbocycles. The summed E-state index contributed by atoms with van der Waals surface area (Å²) in [5.41, 5.74) is 1.30. The molecule has 4 nitrogen and oxygen atoms in total. The number of aryl methyl sites for hydroxylation is 1. The summed E-state index contributed by atoms with van der Waals surface area (Å²) in [6.07, 6.45) is 3.69. The fourth-order valence-electron chi connectivity index (χ4n) is 1.71. The molecule has 1 aliphatic rings. The number of nitriles is 1. The van der Waals surface area contributed by atoms with Gasteiger partial charge in [0.1, 0.15) is 11.8 Å². The minimum Gasteiger partial charge on any atom is -0.341 e. The molecular weight excluding hydrogens is 188 g/mol. The Bertz CT molecular complexity index is 404. The average Bonchev–Trinajstić information content (AvgIpc) is 2.14. The van der Waals surface area contributed by atoms with Crippen molar-refractivity contribution in [3.8, 4) is 6.07 Å². The first kappa shape index (κ1) is 9.91. The summed E-state index contributed by atoms with van der Waals surface area (Å²) >= 11 is 0. The van der Waals surface area contributed by atoms with Crippen LogP contribution in [0.3, 0.4) is 0 Å². The van der Waals surface area contributed by atoms with Gasteiger partial charge in [0.05, 0.1) is 0 Å². The van der Waals surface area contributed by atoms with Gasteiger partial charge in [0.2, 0.25) is 5.95 Å². The monoisotopic (exact) mass is 202 g/mol. The first-order valence-electron chi connectivity index (χ1n) is 5.19. The van der Waals surface area contributed by atoms with Crippen molar-refractivity contribution < 1.29 is 0 Å². The van der Waals surface area contributed by atoms with Crippen molar-refractivity contribution in [2.24, 2.45) is 0 Å². The number of hydrogen-bond acceptors (Lipinski definition) is 4. The van der Waals surface area contributed by atoms with E-state index in [2.05, 4.69) is 20.9 Å². The first-order chi connectivity index (χ1) is 7.20. The Morgan fingerprint density at radius 2 is 2.20 bits per heavy atom. The van der Waals surface area contributed by atoms with Crippen molar-refractivity contribution >= 4 is 5.95 Å². The standard InChI is InChI=1S/C11H14N4/c1-8-6-9(7-12)14-11(13-8)15(2)10-4-3-5-10/h6,10H,3-5H2,1-2H3. The molecule has 1 aromatic heterocycles. The van der Waals surface area contributed by atoms with E-state index in [0.29, 0.717) is 17.7 Å². The highest BCUT2D eigenvalue weighted by molar-refractivity contribution is 5.36. The highest BCUT2D eigenvalue weighted by Gasteiger charge is 2.24. The van der Waals surface area contributed by atoms with Gasteiger partial charge in [-0.05, 0) is 32.3 Å². The van der Waals surface area contributed by atoms with Crippen LogP contribution in [0.5, 0.6) is 0 Å². The molecule has 0 bridgehead atoms. The normalized spacial score (nSPS) is 15.5. The van der Waals surface area contributed by atoms with E-state index in [9.17, 15) is 0 Å². The Labute approximate surface area is 89.6 Å².